The van der Waals surface area contributed by atoms with Crippen LogP contribution in [0.4, 0.5) is 4.39 Å². The highest BCUT2D eigenvalue weighted by Gasteiger charge is 2.32. The van der Waals surface area contributed by atoms with Crippen molar-refractivity contribution < 1.29 is 19.4 Å². The molecule has 1 aliphatic carbocycles. The molecule has 31 heavy (non-hydrogen) atoms. The van der Waals surface area contributed by atoms with Gasteiger partial charge in [0.15, 0.2) is 5.69 Å². The fraction of sp³-hybridized carbons (Fsp3) is 0.304. The van der Waals surface area contributed by atoms with Crippen molar-refractivity contribution >= 4 is 29.2 Å². The van der Waals surface area contributed by atoms with E-state index in [2.05, 4.69) is 4.98 Å². The fourth-order valence-corrected chi connectivity index (χ4v) is 4.58. The zero-order chi connectivity index (χ0) is 22.3. The average Bonchev–Trinajstić information content (AvgIpc) is 3.12. The smallest absolute Gasteiger partial charge is 0.356 e. The second kappa shape index (κ2) is 8.61. The summed E-state index contributed by atoms with van der Waals surface area (Å²) in [5, 5.41) is 20.6. The number of aromatic nitrogens is 2. The van der Waals surface area contributed by atoms with Gasteiger partial charge in [0.2, 0.25) is 0 Å². The lowest BCUT2D eigenvalue weighted by atomic mass is 9.86. The summed E-state index contributed by atoms with van der Waals surface area (Å²) in [5.74, 6) is -1.39. The number of aliphatic hydroxyl groups is 1. The summed E-state index contributed by atoms with van der Waals surface area (Å²) in [5.41, 5.74) is 2.12. The molecule has 0 spiro atoms. The standard InChI is InChI=1S/C23H21Cl2FN2O3/c1-12-5-7-15(24)11-19(12)28-21(13-6-8-18(26)17(25)10-13)20(23(30)31)27-22(28)14-3-2-4-16(29)9-14/h5-8,10-11,14,16,29H,2-4,9H2,1H3,(H,30,31). The number of aliphatic hydroxyl groups excluding tert-OH is 1. The SMILES string of the molecule is Cc1ccc(Cl)cc1-n1c(C2CCCC(O)C2)nc(C(=O)O)c1-c1ccc(F)c(Cl)c1. The molecule has 1 saturated carbocycles. The first-order chi connectivity index (χ1) is 14.8. The van der Waals surface area contributed by atoms with Crippen LogP contribution in [0.1, 0.15) is 53.5 Å². The van der Waals surface area contributed by atoms with Gasteiger partial charge >= 0.3 is 5.97 Å². The minimum absolute atomic E-state index is 0.112. The number of aryl methyl sites for hydroxylation is 1. The molecule has 0 radical (unpaired) electrons. The minimum Gasteiger partial charge on any atom is -0.476 e. The van der Waals surface area contributed by atoms with Crippen LogP contribution in [0.5, 0.6) is 0 Å². The second-order valence-electron chi connectivity index (χ2n) is 7.88. The largest absolute Gasteiger partial charge is 0.476 e. The Kier molecular flexibility index (Phi) is 6.06. The minimum atomic E-state index is -1.20. The number of carbonyl (C=O) groups is 1. The van der Waals surface area contributed by atoms with Crippen molar-refractivity contribution in [3.05, 3.63) is 69.3 Å². The fourth-order valence-electron chi connectivity index (χ4n) is 4.24. The van der Waals surface area contributed by atoms with Gasteiger partial charge in [0.25, 0.3) is 0 Å². The van der Waals surface area contributed by atoms with Gasteiger partial charge in [-0.3, -0.25) is 4.57 Å². The van der Waals surface area contributed by atoms with Crippen LogP contribution >= 0.6 is 23.2 Å². The van der Waals surface area contributed by atoms with Gasteiger partial charge in [-0.25, -0.2) is 14.2 Å². The molecular formula is C23H21Cl2FN2O3. The summed E-state index contributed by atoms with van der Waals surface area (Å²) < 4.78 is 15.6. The van der Waals surface area contributed by atoms with Crippen molar-refractivity contribution in [2.75, 3.05) is 0 Å². The second-order valence-corrected chi connectivity index (χ2v) is 8.73. The van der Waals surface area contributed by atoms with Crippen molar-refractivity contribution in [2.24, 2.45) is 0 Å². The Hall–Kier alpha value is -2.41. The van der Waals surface area contributed by atoms with Crippen LogP contribution < -0.4 is 0 Å². The number of carboxylic acids is 1. The van der Waals surface area contributed by atoms with Gasteiger partial charge in [0.05, 0.1) is 22.5 Å². The van der Waals surface area contributed by atoms with E-state index in [9.17, 15) is 19.4 Å². The maximum Gasteiger partial charge on any atom is 0.356 e. The number of halogens is 3. The lowest BCUT2D eigenvalue weighted by Gasteiger charge is -2.27. The van der Waals surface area contributed by atoms with Gasteiger partial charge in [0, 0.05) is 16.5 Å². The molecule has 1 fully saturated rings. The van der Waals surface area contributed by atoms with Crippen LogP contribution in [-0.2, 0) is 0 Å². The molecule has 0 amide bonds. The van der Waals surface area contributed by atoms with E-state index in [-0.39, 0.29) is 16.6 Å². The van der Waals surface area contributed by atoms with Gasteiger partial charge in [0.1, 0.15) is 11.6 Å². The van der Waals surface area contributed by atoms with E-state index in [0.717, 1.165) is 18.4 Å². The van der Waals surface area contributed by atoms with Gasteiger partial charge in [-0.1, -0.05) is 35.7 Å². The third-order valence-electron chi connectivity index (χ3n) is 5.72. The monoisotopic (exact) mass is 462 g/mol. The van der Waals surface area contributed by atoms with Crippen molar-refractivity contribution in [1.29, 1.82) is 0 Å². The molecule has 0 aliphatic heterocycles. The van der Waals surface area contributed by atoms with Crippen LogP contribution in [0.2, 0.25) is 10.0 Å². The lowest BCUT2D eigenvalue weighted by Crippen LogP contribution is -2.21. The molecule has 2 atom stereocenters. The number of imidazole rings is 1. The molecule has 4 rings (SSSR count). The summed E-state index contributed by atoms with van der Waals surface area (Å²) in [4.78, 5) is 16.7. The predicted molar refractivity (Wildman–Crippen MR) is 118 cm³/mol. The first kappa shape index (κ1) is 21.8. The predicted octanol–water partition coefficient (Wildman–Crippen LogP) is 6.01. The third kappa shape index (κ3) is 4.20. The van der Waals surface area contributed by atoms with Crippen LogP contribution in [0.25, 0.3) is 16.9 Å². The maximum absolute atomic E-state index is 13.8. The van der Waals surface area contributed by atoms with Crippen molar-refractivity contribution in [1.82, 2.24) is 9.55 Å². The molecule has 1 aliphatic rings. The van der Waals surface area contributed by atoms with Crippen LogP contribution in [0.3, 0.4) is 0 Å². The molecule has 0 saturated heterocycles. The van der Waals surface area contributed by atoms with Gasteiger partial charge < -0.3 is 10.2 Å². The molecule has 2 N–H and O–H groups in total. The van der Waals surface area contributed by atoms with Gasteiger partial charge in [-0.05, 0) is 62.1 Å². The van der Waals surface area contributed by atoms with Crippen molar-refractivity contribution in [3.63, 3.8) is 0 Å². The van der Waals surface area contributed by atoms with Gasteiger partial charge in [-0.15, -0.1) is 0 Å². The quantitative estimate of drug-likeness (QED) is 0.497. The number of rotatable bonds is 4. The Morgan fingerprint density at radius 3 is 2.65 bits per heavy atom. The number of aromatic carboxylic acids is 1. The Morgan fingerprint density at radius 1 is 1.19 bits per heavy atom. The molecule has 5 nitrogen and oxygen atoms in total. The summed E-state index contributed by atoms with van der Waals surface area (Å²) in [6, 6.07) is 9.45. The first-order valence-electron chi connectivity index (χ1n) is 10.0. The molecule has 1 heterocycles. The number of hydrogen-bond acceptors (Lipinski definition) is 3. The van der Waals surface area contributed by atoms with Crippen molar-refractivity contribution in [3.8, 4) is 16.9 Å². The van der Waals surface area contributed by atoms with E-state index in [4.69, 9.17) is 23.2 Å². The van der Waals surface area contributed by atoms with E-state index in [0.29, 0.717) is 40.6 Å². The van der Waals surface area contributed by atoms with Crippen LogP contribution in [0.15, 0.2) is 36.4 Å². The highest BCUT2D eigenvalue weighted by Crippen LogP contribution is 2.39. The third-order valence-corrected chi connectivity index (χ3v) is 6.25. The molecule has 3 aromatic rings. The average molecular weight is 463 g/mol. The topological polar surface area (TPSA) is 75.3 Å². The highest BCUT2D eigenvalue weighted by atomic mass is 35.5. The maximum atomic E-state index is 13.8. The molecular weight excluding hydrogens is 442 g/mol. The zero-order valence-electron chi connectivity index (χ0n) is 16.8. The van der Waals surface area contributed by atoms with E-state index >= 15 is 0 Å². The van der Waals surface area contributed by atoms with Crippen molar-refractivity contribution in [2.45, 2.75) is 44.6 Å². The molecule has 0 bridgehead atoms. The number of benzene rings is 2. The van der Waals surface area contributed by atoms with E-state index in [1.807, 2.05) is 13.0 Å². The van der Waals surface area contributed by atoms with Gasteiger partial charge in [-0.2, -0.15) is 0 Å². The molecule has 1 aromatic heterocycles. The normalized spacial score (nSPS) is 18.9. The summed E-state index contributed by atoms with van der Waals surface area (Å²) >= 11 is 12.3. The Bertz CT molecular complexity index is 1160. The Balaban J connectivity index is 2.05. The summed E-state index contributed by atoms with van der Waals surface area (Å²) in [7, 11) is 0. The molecule has 2 unspecified atom stereocenters. The molecule has 162 valence electrons. The zero-order valence-corrected chi connectivity index (χ0v) is 18.3. The first-order valence-corrected chi connectivity index (χ1v) is 10.8. The Labute approximate surface area is 189 Å². The summed E-state index contributed by atoms with van der Waals surface area (Å²) in [6.07, 6.45) is 2.31. The van der Waals surface area contributed by atoms with E-state index in [1.165, 1.54) is 18.2 Å². The van der Waals surface area contributed by atoms with Crippen LogP contribution in [0, 0.1) is 12.7 Å². The summed E-state index contributed by atoms with van der Waals surface area (Å²) in [6.45, 7) is 1.90. The molecule has 2 aromatic carbocycles. The number of hydrogen-bond donors (Lipinski definition) is 2. The lowest BCUT2D eigenvalue weighted by molar-refractivity contribution is 0.0691. The highest BCUT2D eigenvalue weighted by molar-refractivity contribution is 6.31. The number of carboxylic acid groups (broad SMARTS) is 1. The van der Waals surface area contributed by atoms with E-state index in [1.54, 1.807) is 16.7 Å². The van der Waals surface area contributed by atoms with E-state index < -0.39 is 17.9 Å². The Morgan fingerprint density at radius 2 is 1.97 bits per heavy atom. The van der Waals surface area contributed by atoms with Crippen LogP contribution in [-0.4, -0.2) is 31.8 Å². The molecule has 8 heteroatoms. The number of nitrogens with zero attached hydrogens (tertiary/aromatic N) is 2.